The van der Waals surface area contributed by atoms with Crippen LogP contribution in [-0.4, -0.2) is 88.5 Å². The summed E-state index contributed by atoms with van der Waals surface area (Å²) in [6, 6.07) is 0. The number of carbonyl (C=O) groups is 1. The number of esters is 1. The van der Waals surface area contributed by atoms with Crippen LogP contribution < -0.4 is 0 Å². The number of unbranched alkanes of at least 4 members (excludes halogenated alkanes) is 8. The van der Waals surface area contributed by atoms with Crippen LogP contribution in [0.5, 0.6) is 0 Å². The van der Waals surface area contributed by atoms with Gasteiger partial charge in [0.05, 0.1) is 39.0 Å². The van der Waals surface area contributed by atoms with Crippen LogP contribution in [0.4, 0.5) is 57.1 Å². The van der Waals surface area contributed by atoms with E-state index in [2.05, 4.69) is 0 Å². The van der Waals surface area contributed by atoms with Crippen LogP contribution in [0.15, 0.2) is 0 Å². The predicted molar refractivity (Wildman–Crippen MR) is 140 cm³/mol. The molecule has 0 fully saturated rings. The van der Waals surface area contributed by atoms with Crippen LogP contribution in [0.2, 0.25) is 0 Å². The van der Waals surface area contributed by atoms with Crippen LogP contribution in [0.1, 0.15) is 84.0 Å². The van der Waals surface area contributed by atoms with Gasteiger partial charge in [-0.3, -0.25) is 4.79 Å². The zero-order chi connectivity index (χ0) is 35.7. The maximum Gasteiger partial charge on any atom is 0.460 e. The van der Waals surface area contributed by atoms with Crippen molar-refractivity contribution < 1.29 is 80.8 Å². The van der Waals surface area contributed by atoms with E-state index in [9.17, 15) is 61.9 Å². The van der Waals surface area contributed by atoms with Crippen LogP contribution in [0.25, 0.3) is 0 Å². The van der Waals surface area contributed by atoms with E-state index in [-0.39, 0.29) is 39.3 Å². The number of alkyl halides is 13. The van der Waals surface area contributed by atoms with Crippen molar-refractivity contribution in [1.29, 1.82) is 0 Å². The lowest BCUT2D eigenvalue weighted by molar-refractivity contribution is -0.440. The third-order valence-electron chi connectivity index (χ3n) is 7.07. The minimum absolute atomic E-state index is 0.0523. The van der Waals surface area contributed by atoms with E-state index in [0.717, 1.165) is 38.5 Å². The van der Waals surface area contributed by atoms with Crippen molar-refractivity contribution in [3.63, 3.8) is 0 Å². The standard InChI is InChI=1S/C28H43F13O5/c1-3-4-5-6-7-8-9-10-11-12-21(22(42)46-20-19-45-18-17-44-16-15-43-2)13-14-23(29,30)24(31,32)25(33,34)26(35,36)27(37,38)28(39,40)41/h21H,3-20H2,1-2H3. The van der Waals surface area contributed by atoms with Crippen molar-refractivity contribution in [2.24, 2.45) is 5.92 Å². The molecule has 0 aromatic heterocycles. The van der Waals surface area contributed by atoms with E-state index in [1.54, 1.807) is 0 Å². The average Bonchev–Trinajstić information content (AvgIpc) is 2.95. The first kappa shape index (κ1) is 44.4. The Labute approximate surface area is 259 Å². The Morgan fingerprint density at radius 1 is 0.543 bits per heavy atom. The first-order valence-electron chi connectivity index (χ1n) is 14.9. The maximum absolute atomic E-state index is 14.4. The Morgan fingerprint density at radius 2 is 0.978 bits per heavy atom. The highest BCUT2D eigenvalue weighted by Crippen LogP contribution is 2.60. The minimum atomic E-state index is -7.96. The molecule has 0 amide bonds. The minimum Gasteiger partial charge on any atom is -0.463 e. The summed E-state index contributed by atoms with van der Waals surface area (Å²) in [6.07, 6.45) is -4.47. The summed E-state index contributed by atoms with van der Waals surface area (Å²) in [5.74, 6) is -40.1. The third kappa shape index (κ3) is 12.8. The molecule has 0 heterocycles. The summed E-state index contributed by atoms with van der Waals surface area (Å²) < 4.78 is 195. The van der Waals surface area contributed by atoms with Gasteiger partial charge in [0.1, 0.15) is 6.61 Å². The van der Waals surface area contributed by atoms with E-state index >= 15 is 0 Å². The van der Waals surface area contributed by atoms with Crippen molar-refractivity contribution >= 4 is 5.97 Å². The first-order chi connectivity index (χ1) is 21.2. The van der Waals surface area contributed by atoms with Gasteiger partial charge in [0.25, 0.3) is 0 Å². The van der Waals surface area contributed by atoms with E-state index in [1.807, 2.05) is 6.92 Å². The van der Waals surface area contributed by atoms with Gasteiger partial charge in [0.15, 0.2) is 0 Å². The van der Waals surface area contributed by atoms with Gasteiger partial charge in [-0.15, -0.1) is 0 Å². The molecule has 0 aliphatic carbocycles. The molecule has 276 valence electrons. The molecule has 0 N–H and O–H groups in total. The van der Waals surface area contributed by atoms with Gasteiger partial charge in [-0.2, -0.15) is 57.1 Å². The van der Waals surface area contributed by atoms with E-state index in [1.165, 1.54) is 7.11 Å². The molecule has 0 aliphatic heterocycles. The van der Waals surface area contributed by atoms with Gasteiger partial charge in [-0.1, -0.05) is 64.7 Å². The van der Waals surface area contributed by atoms with Gasteiger partial charge in [0, 0.05) is 13.5 Å². The van der Waals surface area contributed by atoms with Crippen molar-refractivity contribution in [3.8, 4) is 0 Å². The molecule has 1 atom stereocenters. The third-order valence-corrected chi connectivity index (χ3v) is 7.07. The van der Waals surface area contributed by atoms with Gasteiger partial charge in [-0.05, 0) is 12.8 Å². The summed E-state index contributed by atoms with van der Waals surface area (Å²) in [5.41, 5.74) is 0. The zero-order valence-corrected chi connectivity index (χ0v) is 25.8. The molecule has 0 saturated heterocycles. The van der Waals surface area contributed by atoms with E-state index in [0.29, 0.717) is 19.4 Å². The van der Waals surface area contributed by atoms with Gasteiger partial charge < -0.3 is 18.9 Å². The van der Waals surface area contributed by atoms with Crippen LogP contribution >= 0.6 is 0 Å². The summed E-state index contributed by atoms with van der Waals surface area (Å²) in [7, 11) is 1.46. The number of hydrogen-bond donors (Lipinski definition) is 0. The fourth-order valence-electron chi connectivity index (χ4n) is 4.18. The van der Waals surface area contributed by atoms with Crippen molar-refractivity contribution in [1.82, 2.24) is 0 Å². The number of methoxy groups -OCH3 is 1. The lowest BCUT2D eigenvalue weighted by atomic mass is 9.88. The molecule has 46 heavy (non-hydrogen) atoms. The lowest BCUT2D eigenvalue weighted by Crippen LogP contribution is -2.70. The molecule has 1 unspecified atom stereocenters. The summed E-state index contributed by atoms with van der Waals surface area (Å²) in [4.78, 5) is 12.5. The highest BCUT2D eigenvalue weighted by Gasteiger charge is 2.90. The molecule has 0 aromatic carbocycles. The Kier molecular flexibility index (Phi) is 19.4. The normalized spacial score (nSPS) is 14.5. The molecule has 5 nitrogen and oxygen atoms in total. The highest BCUT2D eigenvalue weighted by molar-refractivity contribution is 5.72. The lowest BCUT2D eigenvalue weighted by Gasteiger charge is -2.40. The molecule has 0 spiro atoms. The van der Waals surface area contributed by atoms with Crippen molar-refractivity contribution in [3.05, 3.63) is 0 Å². The largest absolute Gasteiger partial charge is 0.463 e. The first-order valence-corrected chi connectivity index (χ1v) is 14.9. The quantitative estimate of drug-likeness (QED) is 0.0485. The van der Waals surface area contributed by atoms with Crippen LogP contribution in [0.3, 0.4) is 0 Å². The molecular weight excluding hydrogens is 663 g/mol. The summed E-state index contributed by atoms with van der Waals surface area (Å²) >= 11 is 0. The molecule has 0 bridgehead atoms. The predicted octanol–water partition coefficient (Wildman–Crippen LogP) is 9.27. The fraction of sp³-hybridized carbons (Fsp3) is 0.964. The second kappa shape index (κ2) is 20.1. The highest BCUT2D eigenvalue weighted by atomic mass is 19.4. The molecule has 0 aromatic rings. The number of rotatable bonds is 27. The average molecular weight is 707 g/mol. The molecule has 0 aliphatic rings. The zero-order valence-electron chi connectivity index (χ0n) is 25.8. The molecule has 0 radical (unpaired) electrons. The fourth-order valence-corrected chi connectivity index (χ4v) is 4.18. The van der Waals surface area contributed by atoms with Crippen LogP contribution in [0, 0.1) is 5.92 Å². The Hall–Kier alpha value is -1.56. The topological polar surface area (TPSA) is 54.0 Å². The molecule has 0 saturated carbocycles. The number of ether oxygens (including phenoxy) is 4. The van der Waals surface area contributed by atoms with Gasteiger partial charge in [-0.25, -0.2) is 0 Å². The second-order valence-corrected chi connectivity index (χ2v) is 10.7. The Balaban J connectivity index is 5.45. The summed E-state index contributed by atoms with van der Waals surface area (Å²) in [5, 5.41) is 0. The smallest absolute Gasteiger partial charge is 0.460 e. The molecule has 18 heteroatoms. The number of hydrogen-bond acceptors (Lipinski definition) is 5. The SMILES string of the molecule is CCCCCCCCCCCC(CCC(F)(F)C(F)(F)C(F)(F)C(F)(F)C(F)(F)C(F)(F)F)C(=O)OCCOCCOCCOC. The van der Waals surface area contributed by atoms with Gasteiger partial charge >= 0.3 is 41.8 Å². The monoisotopic (exact) mass is 706 g/mol. The van der Waals surface area contributed by atoms with E-state index in [4.69, 9.17) is 18.9 Å². The van der Waals surface area contributed by atoms with Crippen molar-refractivity contribution in [2.75, 3.05) is 46.8 Å². The summed E-state index contributed by atoms with van der Waals surface area (Å²) in [6.45, 7) is 2.16. The van der Waals surface area contributed by atoms with Gasteiger partial charge in [0.2, 0.25) is 0 Å². The Morgan fingerprint density at radius 3 is 1.46 bits per heavy atom. The van der Waals surface area contributed by atoms with E-state index < -0.39 is 67.1 Å². The molecule has 0 rings (SSSR count). The number of halogens is 13. The maximum atomic E-state index is 14.4. The van der Waals surface area contributed by atoms with Crippen molar-refractivity contribution in [2.45, 2.75) is 120 Å². The number of carbonyl (C=O) groups excluding carboxylic acids is 1. The second-order valence-electron chi connectivity index (χ2n) is 10.7. The van der Waals surface area contributed by atoms with Crippen LogP contribution in [-0.2, 0) is 23.7 Å². The Bertz CT molecular complexity index is 839. The molecular formula is C28H43F13O5.